The van der Waals surface area contributed by atoms with Crippen LogP contribution in [0.4, 0.5) is 4.39 Å². The van der Waals surface area contributed by atoms with Crippen LogP contribution in [0.2, 0.25) is 0 Å². The zero-order chi connectivity index (χ0) is 24.8. The molecule has 1 fully saturated rings. The summed E-state index contributed by atoms with van der Waals surface area (Å²) in [6.45, 7) is 1.87. The van der Waals surface area contributed by atoms with E-state index < -0.39 is 18.1 Å². The van der Waals surface area contributed by atoms with Gasteiger partial charge in [-0.3, -0.25) is 9.78 Å². The summed E-state index contributed by atoms with van der Waals surface area (Å²) >= 11 is 0. The number of rotatable bonds is 11. The number of halogens is 1. The number of benzene rings is 2. The molecular weight excluding hydrogens is 449 g/mol. The zero-order valence-corrected chi connectivity index (χ0v) is 19.4. The minimum atomic E-state index is -0.921. The molecule has 0 aliphatic heterocycles. The van der Waals surface area contributed by atoms with Crippen LogP contribution < -0.4 is 0 Å². The van der Waals surface area contributed by atoms with Gasteiger partial charge in [-0.05, 0) is 43.5 Å². The Morgan fingerprint density at radius 3 is 2.54 bits per heavy atom. The van der Waals surface area contributed by atoms with Gasteiger partial charge in [0, 0.05) is 28.9 Å². The van der Waals surface area contributed by atoms with Crippen molar-refractivity contribution in [2.75, 3.05) is 6.61 Å². The highest BCUT2D eigenvalue weighted by atomic mass is 19.1. The highest BCUT2D eigenvalue weighted by molar-refractivity contribution is 5.99. The summed E-state index contributed by atoms with van der Waals surface area (Å²) in [4.78, 5) is 39.5. The molecule has 1 heterocycles. The topological polar surface area (TPSA) is 98.1 Å². The molecule has 0 spiro atoms. The van der Waals surface area contributed by atoms with Gasteiger partial charge >= 0.3 is 5.97 Å². The first-order valence-corrected chi connectivity index (χ1v) is 11.7. The standard InChI is InChI=1S/C27H26FN3O4/c1-2-35-25(32)16-21(31-34)15-20(30-33)13-14-23-26(17-9-11-19(28)12-10-17)22-5-3-4-6-24(22)29-27(23)18-7-8-18/h3-6,9-14,18,20-21H,2,7-8,15-16H2,1H3/b14-13+/t20-,21-/m1/s1. The van der Waals surface area contributed by atoms with Crippen molar-refractivity contribution in [3.8, 4) is 11.1 Å². The van der Waals surface area contributed by atoms with E-state index in [1.165, 1.54) is 12.1 Å². The normalized spacial score (nSPS) is 15.1. The fourth-order valence-corrected chi connectivity index (χ4v) is 4.23. The van der Waals surface area contributed by atoms with E-state index in [1.807, 2.05) is 30.3 Å². The lowest BCUT2D eigenvalue weighted by Gasteiger charge is -2.16. The minimum Gasteiger partial charge on any atom is -0.466 e. The second-order valence-corrected chi connectivity index (χ2v) is 8.62. The first-order chi connectivity index (χ1) is 17.0. The Morgan fingerprint density at radius 1 is 1.14 bits per heavy atom. The van der Waals surface area contributed by atoms with Crippen molar-refractivity contribution in [2.24, 2.45) is 10.4 Å². The molecule has 180 valence electrons. The number of carbonyl (C=O) groups excluding carboxylic acids is 1. The second kappa shape index (κ2) is 11.1. The van der Waals surface area contributed by atoms with Crippen LogP contribution in [0.25, 0.3) is 28.1 Å². The Hall–Kier alpha value is -3.81. The molecule has 2 aromatic carbocycles. The number of hydrogen-bond donors (Lipinski definition) is 0. The smallest absolute Gasteiger partial charge is 0.308 e. The van der Waals surface area contributed by atoms with Crippen LogP contribution in [-0.4, -0.2) is 29.6 Å². The summed E-state index contributed by atoms with van der Waals surface area (Å²) in [7, 11) is 0. The molecule has 35 heavy (non-hydrogen) atoms. The lowest BCUT2D eigenvalue weighted by atomic mass is 9.92. The number of nitrogens with zero attached hydrogens (tertiary/aromatic N) is 3. The summed E-state index contributed by atoms with van der Waals surface area (Å²) in [6, 6.07) is 12.3. The van der Waals surface area contributed by atoms with Crippen LogP contribution >= 0.6 is 0 Å². The highest BCUT2D eigenvalue weighted by Crippen LogP contribution is 2.45. The van der Waals surface area contributed by atoms with Crippen LogP contribution in [0.1, 0.15) is 49.8 Å². The van der Waals surface area contributed by atoms with E-state index in [0.717, 1.165) is 46.1 Å². The van der Waals surface area contributed by atoms with E-state index in [-0.39, 0.29) is 25.3 Å². The van der Waals surface area contributed by atoms with Crippen molar-refractivity contribution < 1.29 is 13.9 Å². The molecule has 0 amide bonds. The predicted octanol–water partition coefficient (Wildman–Crippen LogP) is 6.54. The largest absolute Gasteiger partial charge is 0.466 e. The fourth-order valence-electron chi connectivity index (χ4n) is 4.23. The molecule has 2 atom stereocenters. The summed E-state index contributed by atoms with van der Waals surface area (Å²) < 4.78 is 18.6. The maximum atomic E-state index is 13.7. The first-order valence-electron chi connectivity index (χ1n) is 11.7. The monoisotopic (exact) mass is 475 g/mol. The lowest BCUT2D eigenvalue weighted by Crippen LogP contribution is -2.18. The third-order valence-corrected chi connectivity index (χ3v) is 6.05. The zero-order valence-electron chi connectivity index (χ0n) is 19.4. The van der Waals surface area contributed by atoms with E-state index in [9.17, 15) is 19.0 Å². The average molecular weight is 476 g/mol. The molecule has 0 radical (unpaired) electrons. The van der Waals surface area contributed by atoms with E-state index in [4.69, 9.17) is 9.72 Å². The summed E-state index contributed by atoms with van der Waals surface area (Å²) in [5.74, 6) is -0.570. The van der Waals surface area contributed by atoms with Gasteiger partial charge in [-0.25, -0.2) is 4.39 Å². The third-order valence-electron chi connectivity index (χ3n) is 6.05. The molecule has 0 bridgehead atoms. The number of fused-ring (bicyclic) bond motifs is 1. The van der Waals surface area contributed by atoms with Gasteiger partial charge in [0.1, 0.15) is 17.9 Å². The van der Waals surface area contributed by atoms with Gasteiger partial charge in [0.25, 0.3) is 0 Å². The van der Waals surface area contributed by atoms with Gasteiger partial charge < -0.3 is 4.74 Å². The van der Waals surface area contributed by atoms with Gasteiger partial charge in [-0.2, -0.15) is 9.81 Å². The molecule has 1 saturated carbocycles. The number of aromatic nitrogens is 1. The number of pyridine rings is 1. The Balaban J connectivity index is 1.74. The van der Waals surface area contributed by atoms with E-state index in [0.29, 0.717) is 5.92 Å². The van der Waals surface area contributed by atoms with Crippen LogP contribution in [-0.2, 0) is 9.53 Å². The highest BCUT2D eigenvalue weighted by Gasteiger charge is 2.30. The molecule has 4 rings (SSSR count). The van der Waals surface area contributed by atoms with Crippen molar-refractivity contribution in [1.82, 2.24) is 4.98 Å². The molecule has 1 aliphatic carbocycles. The maximum Gasteiger partial charge on any atom is 0.308 e. The van der Waals surface area contributed by atoms with Crippen molar-refractivity contribution in [3.63, 3.8) is 0 Å². The molecule has 3 aromatic rings. The minimum absolute atomic E-state index is 0.00598. The number of ether oxygens (including phenoxy) is 1. The first kappa shape index (κ1) is 24.3. The third kappa shape index (κ3) is 5.82. The fraction of sp³-hybridized carbons (Fsp3) is 0.333. The molecular formula is C27H26FN3O4. The number of carbonyl (C=O) groups is 1. The van der Waals surface area contributed by atoms with E-state index >= 15 is 0 Å². The van der Waals surface area contributed by atoms with Gasteiger partial charge in [0.05, 0.1) is 24.2 Å². The van der Waals surface area contributed by atoms with Gasteiger partial charge in [0.15, 0.2) is 0 Å². The number of para-hydroxylation sites is 1. The lowest BCUT2D eigenvalue weighted by molar-refractivity contribution is -0.143. The van der Waals surface area contributed by atoms with Crippen molar-refractivity contribution >= 4 is 22.9 Å². The molecule has 0 saturated heterocycles. The summed E-state index contributed by atoms with van der Waals surface area (Å²) in [5.41, 5.74) is 4.33. The Morgan fingerprint density at radius 2 is 1.89 bits per heavy atom. The van der Waals surface area contributed by atoms with Crippen LogP contribution in [0, 0.1) is 15.6 Å². The van der Waals surface area contributed by atoms with E-state index in [1.54, 1.807) is 25.1 Å². The maximum absolute atomic E-state index is 13.7. The molecule has 8 heteroatoms. The second-order valence-electron chi connectivity index (χ2n) is 8.62. The summed E-state index contributed by atoms with van der Waals surface area (Å²) in [5, 5.41) is 7.06. The number of esters is 1. The Labute approximate surface area is 202 Å². The molecule has 0 unspecified atom stereocenters. The predicted molar refractivity (Wildman–Crippen MR) is 133 cm³/mol. The van der Waals surface area contributed by atoms with Crippen LogP contribution in [0.15, 0.2) is 65.0 Å². The molecule has 0 N–H and O–H groups in total. The van der Waals surface area contributed by atoms with Crippen LogP contribution in [0.5, 0.6) is 0 Å². The van der Waals surface area contributed by atoms with Crippen molar-refractivity contribution in [2.45, 2.75) is 50.6 Å². The molecule has 1 aliphatic rings. The quantitative estimate of drug-likeness (QED) is 0.231. The Kier molecular flexibility index (Phi) is 7.70. The van der Waals surface area contributed by atoms with Crippen molar-refractivity contribution in [3.05, 3.63) is 81.5 Å². The molecule has 1 aromatic heterocycles. The average Bonchev–Trinajstić information content (AvgIpc) is 3.71. The summed E-state index contributed by atoms with van der Waals surface area (Å²) in [6.07, 6.45) is 5.25. The Bertz CT molecular complexity index is 1260. The van der Waals surface area contributed by atoms with E-state index in [2.05, 4.69) is 10.4 Å². The molecule has 7 nitrogen and oxygen atoms in total. The van der Waals surface area contributed by atoms with Gasteiger partial charge in [0.2, 0.25) is 0 Å². The van der Waals surface area contributed by atoms with Gasteiger partial charge in [-0.15, -0.1) is 0 Å². The van der Waals surface area contributed by atoms with Crippen molar-refractivity contribution in [1.29, 1.82) is 0 Å². The van der Waals surface area contributed by atoms with Gasteiger partial charge in [-0.1, -0.05) is 52.8 Å². The SMILES string of the molecule is CCOC(=O)C[C@@H](C[C@@H](/C=C/c1c(C2CC2)nc2ccccc2c1-c1ccc(F)cc1)N=O)N=O. The van der Waals surface area contributed by atoms with Crippen LogP contribution in [0.3, 0.4) is 0 Å². The number of hydrogen-bond acceptors (Lipinski definition) is 7. The number of nitroso groups, excluding NO2 is 2.